The van der Waals surface area contributed by atoms with Gasteiger partial charge in [0.2, 0.25) is 0 Å². The van der Waals surface area contributed by atoms with Crippen LogP contribution in [-0.4, -0.2) is 38.4 Å². The molecule has 5 nitrogen and oxygen atoms in total. The van der Waals surface area contributed by atoms with Crippen LogP contribution in [0, 0.1) is 0 Å². The maximum atomic E-state index is 13.0. The van der Waals surface area contributed by atoms with Gasteiger partial charge in [-0.2, -0.15) is 0 Å². The molecule has 0 radical (unpaired) electrons. The maximum Gasteiger partial charge on any atom is 0.332 e. The SMILES string of the molecule is CC1(C)COC(C)(CCCc2ccc(Cl)cc2)N1C(=O)n1ccnc1. The van der Waals surface area contributed by atoms with Crippen LogP contribution in [0.3, 0.4) is 0 Å². The highest BCUT2D eigenvalue weighted by Gasteiger charge is 2.51. The summed E-state index contributed by atoms with van der Waals surface area (Å²) >= 11 is 5.93. The summed E-state index contributed by atoms with van der Waals surface area (Å²) < 4.78 is 7.60. The number of nitrogens with zero attached hydrogens (tertiary/aromatic N) is 3. The first-order valence-corrected chi connectivity index (χ1v) is 8.91. The van der Waals surface area contributed by atoms with E-state index in [1.54, 1.807) is 12.4 Å². The highest BCUT2D eigenvalue weighted by atomic mass is 35.5. The molecule has 25 heavy (non-hydrogen) atoms. The minimum Gasteiger partial charge on any atom is -0.353 e. The van der Waals surface area contributed by atoms with Crippen LogP contribution in [0.1, 0.15) is 39.2 Å². The Balaban J connectivity index is 1.71. The predicted octanol–water partition coefficient (Wildman–Crippen LogP) is 4.35. The number of aromatic nitrogens is 2. The fourth-order valence-electron chi connectivity index (χ4n) is 3.51. The van der Waals surface area contributed by atoms with Gasteiger partial charge in [-0.3, -0.25) is 9.47 Å². The molecule has 1 aliphatic heterocycles. The number of carbonyl (C=O) groups is 1. The first-order chi connectivity index (χ1) is 11.8. The minimum absolute atomic E-state index is 0.103. The zero-order chi connectivity index (χ0) is 18.1. The van der Waals surface area contributed by atoms with Crippen LogP contribution >= 0.6 is 11.6 Å². The molecule has 1 aromatic carbocycles. The van der Waals surface area contributed by atoms with Crippen molar-refractivity contribution in [1.29, 1.82) is 0 Å². The second-order valence-electron chi connectivity index (χ2n) is 7.34. The molecule has 6 heteroatoms. The Hall–Kier alpha value is -1.85. The number of benzene rings is 1. The molecule has 0 N–H and O–H groups in total. The number of amides is 1. The Labute approximate surface area is 153 Å². The summed E-state index contributed by atoms with van der Waals surface area (Å²) in [5.74, 6) is 0. The standard InChI is InChI=1S/C19H24ClN3O2/c1-18(2)13-25-19(3,23(18)17(24)22-12-11-21-14-22)10-4-5-15-6-8-16(20)9-7-15/h6-9,11-12,14H,4-5,10,13H2,1-3H3. The molecule has 1 unspecified atom stereocenters. The number of halogens is 1. The summed E-state index contributed by atoms with van der Waals surface area (Å²) in [4.78, 5) is 18.8. The molecule has 0 saturated carbocycles. The van der Waals surface area contributed by atoms with E-state index >= 15 is 0 Å². The van der Waals surface area contributed by atoms with E-state index in [9.17, 15) is 4.79 Å². The van der Waals surface area contributed by atoms with Crippen molar-refractivity contribution < 1.29 is 9.53 Å². The molecule has 2 aromatic rings. The lowest BCUT2D eigenvalue weighted by Gasteiger charge is -2.39. The number of hydrogen-bond donors (Lipinski definition) is 0. The summed E-state index contributed by atoms with van der Waals surface area (Å²) in [5, 5.41) is 0.744. The summed E-state index contributed by atoms with van der Waals surface area (Å²) in [6, 6.07) is 7.79. The van der Waals surface area contributed by atoms with E-state index in [2.05, 4.69) is 4.98 Å². The van der Waals surface area contributed by atoms with E-state index in [4.69, 9.17) is 16.3 Å². The van der Waals surface area contributed by atoms with Crippen molar-refractivity contribution in [3.05, 3.63) is 53.6 Å². The number of rotatable bonds is 4. The van der Waals surface area contributed by atoms with Gasteiger partial charge < -0.3 is 4.74 Å². The van der Waals surface area contributed by atoms with Crippen molar-refractivity contribution in [2.45, 2.75) is 51.3 Å². The first-order valence-electron chi connectivity index (χ1n) is 8.53. The number of imidazole rings is 1. The third kappa shape index (κ3) is 3.72. The fraction of sp³-hybridized carbons (Fsp3) is 0.474. The molecule has 1 aliphatic rings. The molecule has 1 atom stereocenters. The molecule has 0 aliphatic carbocycles. The van der Waals surface area contributed by atoms with Gasteiger partial charge in [0, 0.05) is 17.4 Å². The molecule has 1 saturated heterocycles. The van der Waals surface area contributed by atoms with Gasteiger partial charge in [-0.25, -0.2) is 9.78 Å². The lowest BCUT2D eigenvalue weighted by atomic mass is 9.99. The summed E-state index contributed by atoms with van der Waals surface area (Å²) in [7, 11) is 0. The van der Waals surface area contributed by atoms with Crippen molar-refractivity contribution in [3.8, 4) is 0 Å². The monoisotopic (exact) mass is 361 g/mol. The Bertz CT molecular complexity index is 728. The third-order valence-electron chi connectivity index (χ3n) is 4.75. The molecule has 1 fully saturated rings. The zero-order valence-corrected chi connectivity index (χ0v) is 15.7. The summed E-state index contributed by atoms with van der Waals surface area (Å²) in [6.07, 6.45) is 7.42. The lowest BCUT2D eigenvalue weighted by molar-refractivity contribution is -0.0587. The van der Waals surface area contributed by atoms with Crippen LogP contribution < -0.4 is 0 Å². The second-order valence-corrected chi connectivity index (χ2v) is 7.78. The average molecular weight is 362 g/mol. The quantitative estimate of drug-likeness (QED) is 0.813. The Kier molecular flexibility index (Phi) is 4.89. The van der Waals surface area contributed by atoms with Crippen molar-refractivity contribution in [2.24, 2.45) is 0 Å². The lowest BCUT2D eigenvalue weighted by Crippen LogP contribution is -2.55. The second kappa shape index (κ2) is 6.81. The van der Waals surface area contributed by atoms with E-state index in [0.717, 1.165) is 24.3 Å². The molecule has 1 amide bonds. The van der Waals surface area contributed by atoms with E-state index in [-0.39, 0.29) is 11.6 Å². The van der Waals surface area contributed by atoms with E-state index in [1.807, 2.05) is 49.9 Å². The van der Waals surface area contributed by atoms with Gasteiger partial charge in [-0.1, -0.05) is 23.7 Å². The molecule has 3 rings (SSSR count). The topological polar surface area (TPSA) is 47.4 Å². The molecular formula is C19H24ClN3O2. The molecule has 1 aromatic heterocycles. The van der Waals surface area contributed by atoms with Gasteiger partial charge in [0.15, 0.2) is 0 Å². The van der Waals surface area contributed by atoms with E-state index in [0.29, 0.717) is 6.61 Å². The van der Waals surface area contributed by atoms with Gasteiger partial charge in [0.25, 0.3) is 0 Å². The van der Waals surface area contributed by atoms with Gasteiger partial charge in [0.1, 0.15) is 12.1 Å². The zero-order valence-electron chi connectivity index (χ0n) is 14.9. The normalized spacial score (nSPS) is 22.3. The fourth-order valence-corrected chi connectivity index (χ4v) is 3.63. The summed E-state index contributed by atoms with van der Waals surface area (Å²) in [5.41, 5.74) is 0.242. The highest BCUT2D eigenvalue weighted by molar-refractivity contribution is 6.30. The van der Waals surface area contributed by atoms with Gasteiger partial charge in [0.05, 0.1) is 12.1 Å². The highest BCUT2D eigenvalue weighted by Crippen LogP contribution is 2.38. The molecule has 0 bridgehead atoms. The van der Waals surface area contributed by atoms with E-state index in [1.165, 1.54) is 16.5 Å². The van der Waals surface area contributed by atoms with Crippen molar-refractivity contribution in [2.75, 3.05) is 6.61 Å². The maximum absolute atomic E-state index is 13.0. The Morgan fingerprint density at radius 2 is 2.00 bits per heavy atom. The average Bonchev–Trinajstić information content (AvgIpc) is 3.16. The minimum atomic E-state index is -0.628. The van der Waals surface area contributed by atoms with Gasteiger partial charge >= 0.3 is 6.03 Å². The molecule has 0 spiro atoms. The van der Waals surface area contributed by atoms with Crippen molar-refractivity contribution >= 4 is 17.6 Å². The number of ether oxygens (including phenoxy) is 1. The van der Waals surface area contributed by atoms with Crippen LogP contribution in [0.25, 0.3) is 0 Å². The summed E-state index contributed by atoms with van der Waals surface area (Å²) in [6.45, 7) is 6.59. The number of aryl methyl sites for hydroxylation is 1. The van der Waals surface area contributed by atoms with Crippen molar-refractivity contribution in [3.63, 3.8) is 0 Å². The van der Waals surface area contributed by atoms with Crippen LogP contribution in [0.5, 0.6) is 0 Å². The third-order valence-corrected chi connectivity index (χ3v) is 5.00. The van der Waals surface area contributed by atoms with Crippen molar-refractivity contribution in [1.82, 2.24) is 14.5 Å². The van der Waals surface area contributed by atoms with Crippen LogP contribution in [-0.2, 0) is 11.2 Å². The number of carbonyl (C=O) groups excluding carboxylic acids is 1. The molecule has 134 valence electrons. The Morgan fingerprint density at radius 3 is 2.64 bits per heavy atom. The van der Waals surface area contributed by atoms with Crippen LogP contribution in [0.4, 0.5) is 4.79 Å². The Morgan fingerprint density at radius 1 is 1.28 bits per heavy atom. The van der Waals surface area contributed by atoms with Crippen LogP contribution in [0.15, 0.2) is 43.0 Å². The van der Waals surface area contributed by atoms with E-state index < -0.39 is 5.72 Å². The van der Waals surface area contributed by atoms with Crippen LogP contribution in [0.2, 0.25) is 5.02 Å². The first kappa shape index (κ1) is 18.0. The number of hydrogen-bond acceptors (Lipinski definition) is 3. The molecular weight excluding hydrogens is 338 g/mol. The van der Waals surface area contributed by atoms with Gasteiger partial charge in [-0.05, 0) is 57.7 Å². The largest absolute Gasteiger partial charge is 0.353 e. The van der Waals surface area contributed by atoms with Gasteiger partial charge in [-0.15, -0.1) is 0 Å². The smallest absolute Gasteiger partial charge is 0.332 e. The predicted molar refractivity (Wildman–Crippen MR) is 97.7 cm³/mol. The molecule has 2 heterocycles.